The summed E-state index contributed by atoms with van der Waals surface area (Å²) < 4.78 is 19.8. The minimum absolute atomic E-state index is 0. The molecule has 1 atom stereocenters. The number of aromatic nitrogens is 1. The SMILES string of the molecule is CCNC(=N)Nc1cc(C(C)c2ccc(-c3ccccc3)c(F)c2)no1.Cl. The van der Waals surface area contributed by atoms with E-state index in [9.17, 15) is 4.39 Å². The molecule has 7 heteroatoms. The smallest absolute Gasteiger partial charge is 0.231 e. The summed E-state index contributed by atoms with van der Waals surface area (Å²) in [5, 5.41) is 17.3. The second kappa shape index (κ2) is 9.19. The van der Waals surface area contributed by atoms with Crippen molar-refractivity contribution in [2.45, 2.75) is 19.8 Å². The second-order valence-corrected chi connectivity index (χ2v) is 5.97. The quantitative estimate of drug-likeness (QED) is 0.424. The lowest BCUT2D eigenvalue weighted by atomic mass is 9.95. The zero-order chi connectivity index (χ0) is 18.5. The normalized spacial score (nSPS) is 11.4. The van der Waals surface area contributed by atoms with Gasteiger partial charge in [-0.2, -0.15) is 0 Å². The van der Waals surface area contributed by atoms with Gasteiger partial charge < -0.3 is 9.84 Å². The summed E-state index contributed by atoms with van der Waals surface area (Å²) in [6.45, 7) is 4.47. The van der Waals surface area contributed by atoms with Crippen LogP contribution in [0.2, 0.25) is 0 Å². The number of benzene rings is 2. The fourth-order valence-electron chi connectivity index (χ4n) is 2.72. The zero-order valence-electron chi connectivity index (χ0n) is 15.1. The second-order valence-electron chi connectivity index (χ2n) is 5.97. The van der Waals surface area contributed by atoms with E-state index in [0.717, 1.165) is 11.1 Å². The molecule has 0 radical (unpaired) electrons. The Labute approximate surface area is 163 Å². The highest BCUT2D eigenvalue weighted by molar-refractivity contribution is 5.89. The molecule has 1 heterocycles. The van der Waals surface area contributed by atoms with Gasteiger partial charge in [0.25, 0.3) is 0 Å². The van der Waals surface area contributed by atoms with Crippen LogP contribution in [0.25, 0.3) is 11.1 Å². The van der Waals surface area contributed by atoms with Gasteiger partial charge in [0.1, 0.15) is 5.82 Å². The molecule has 0 aliphatic heterocycles. The summed E-state index contributed by atoms with van der Waals surface area (Å²) in [5.74, 6) is 0.110. The molecule has 0 aliphatic rings. The minimum Gasteiger partial charge on any atom is -0.357 e. The van der Waals surface area contributed by atoms with Gasteiger partial charge in [-0.3, -0.25) is 10.7 Å². The standard InChI is InChI=1S/C20H21FN4O.ClH/c1-3-23-20(22)24-19-12-18(25-26-19)13(2)15-9-10-16(17(21)11-15)14-7-5-4-6-8-14;/h4-13H,3H2,1-2H3,(H3,22,23,24);1H. The van der Waals surface area contributed by atoms with Crippen LogP contribution in [0.15, 0.2) is 59.1 Å². The number of nitrogens with one attached hydrogen (secondary N) is 3. The summed E-state index contributed by atoms with van der Waals surface area (Å²) in [7, 11) is 0. The lowest BCUT2D eigenvalue weighted by Crippen LogP contribution is -2.28. The lowest BCUT2D eigenvalue weighted by molar-refractivity contribution is 0.424. The van der Waals surface area contributed by atoms with Crippen molar-refractivity contribution in [2.75, 3.05) is 11.9 Å². The third-order valence-electron chi connectivity index (χ3n) is 4.15. The number of anilines is 1. The number of halogens is 2. The Balaban J connectivity index is 0.00000261. The third-order valence-corrected chi connectivity index (χ3v) is 4.15. The molecule has 0 aliphatic carbocycles. The van der Waals surface area contributed by atoms with Crippen LogP contribution in [0.1, 0.15) is 31.0 Å². The lowest BCUT2D eigenvalue weighted by Gasteiger charge is -2.11. The van der Waals surface area contributed by atoms with Crippen LogP contribution in [-0.2, 0) is 0 Å². The maximum Gasteiger partial charge on any atom is 0.231 e. The maximum absolute atomic E-state index is 14.6. The van der Waals surface area contributed by atoms with Crippen LogP contribution < -0.4 is 10.6 Å². The van der Waals surface area contributed by atoms with Crippen LogP contribution >= 0.6 is 12.4 Å². The molecule has 1 unspecified atom stereocenters. The van der Waals surface area contributed by atoms with E-state index in [1.54, 1.807) is 12.1 Å². The molecule has 1 aromatic heterocycles. The Kier molecular flexibility index (Phi) is 6.96. The van der Waals surface area contributed by atoms with Crippen LogP contribution in [0.3, 0.4) is 0 Å². The van der Waals surface area contributed by atoms with E-state index in [-0.39, 0.29) is 30.1 Å². The Morgan fingerprint density at radius 2 is 1.93 bits per heavy atom. The molecule has 27 heavy (non-hydrogen) atoms. The molecule has 0 saturated carbocycles. The van der Waals surface area contributed by atoms with Crippen LogP contribution in [0.4, 0.5) is 10.3 Å². The molecule has 0 amide bonds. The summed E-state index contributed by atoms with van der Waals surface area (Å²) in [6, 6.07) is 16.4. The van der Waals surface area contributed by atoms with E-state index in [0.29, 0.717) is 23.7 Å². The van der Waals surface area contributed by atoms with Crippen molar-refractivity contribution in [3.05, 3.63) is 71.7 Å². The first-order valence-corrected chi connectivity index (χ1v) is 8.49. The zero-order valence-corrected chi connectivity index (χ0v) is 15.9. The molecule has 0 fully saturated rings. The van der Waals surface area contributed by atoms with Crippen molar-refractivity contribution >= 4 is 24.3 Å². The summed E-state index contributed by atoms with van der Waals surface area (Å²) in [4.78, 5) is 0. The van der Waals surface area contributed by atoms with Crippen LogP contribution in [0, 0.1) is 11.2 Å². The van der Waals surface area contributed by atoms with Gasteiger partial charge in [0, 0.05) is 24.1 Å². The summed E-state index contributed by atoms with van der Waals surface area (Å²) in [6.07, 6.45) is 0. The van der Waals surface area contributed by atoms with E-state index in [2.05, 4.69) is 15.8 Å². The molecule has 0 bridgehead atoms. The van der Waals surface area contributed by atoms with Gasteiger partial charge in [-0.05, 0) is 24.1 Å². The summed E-state index contributed by atoms with van der Waals surface area (Å²) in [5.41, 5.74) is 2.90. The van der Waals surface area contributed by atoms with Crippen molar-refractivity contribution in [3.63, 3.8) is 0 Å². The number of guanidine groups is 1. The average molecular weight is 389 g/mol. The van der Waals surface area contributed by atoms with Gasteiger partial charge in [0.2, 0.25) is 5.88 Å². The first kappa shape index (κ1) is 20.5. The van der Waals surface area contributed by atoms with E-state index >= 15 is 0 Å². The predicted molar refractivity (Wildman–Crippen MR) is 108 cm³/mol. The van der Waals surface area contributed by atoms with Gasteiger partial charge in [-0.1, -0.05) is 54.5 Å². The molecule has 2 aromatic carbocycles. The molecule has 0 spiro atoms. The predicted octanol–water partition coefficient (Wildman–Crippen LogP) is 5.01. The van der Waals surface area contributed by atoms with Gasteiger partial charge >= 0.3 is 0 Å². The van der Waals surface area contributed by atoms with Crippen LogP contribution in [0.5, 0.6) is 0 Å². The first-order chi connectivity index (χ1) is 12.6. The maximum atomic E-state index is 14.6. The Morgan fingerprint density at radius 1 is 1.19 bits per heavy atom. The molecular weight excluding hydrogens is 367 g/mol. The topological polar surface area (TPSA) is 73.9 Å². The molecular formula is C20H22ClFN4O. The molecule has 0 saturated heterocycles. The highest BCUT2D eigenvalue weighted by atomic mass is 35.5. The Hall–Kier alpha value is -2.86. The molecule has 3 N–H and O–H groups in total. The number of hydrogen-bond donors (Lipinski definition) is 3. The fourth-order valence-corrected chi connectivity index (χ4v) is 2.72. The molecule has 3 rings (SSSR count). The summed E-state index contributed by atoms with van der Waals surface area (Å²) >= 11 is 0. The van der Waals surface area contributed by atoms with E-state index in [4.69, 9.17) is 9.93 Å². The van der Waals surface area contributed by atoms with Gasteiger partial charge in [-0.15, -0.1) is 12.4 Å². The highest BCUT2D eigenvalue weighted by Crippen LogP contribution is 2.29. The Bertz CT molecular complexity index is 898. The third kappa shape index (κ3) is 4.86. The van der Waals surface area contributed by atoms with Crippen molar-refractivity contribution in [1.82, 2.24) is 10.5 Å². The minimum atomic E-state index is -0.267. The van der Waals surface area contributed by atoms with E-state index < -0.39 is 0 Å². The monoisotopic (exact) mass is 388 g/mol. The van der Waals surface area contributed by atoms with Crippen LogP contribution in [-0.4, -0.2) is 17.7 Å². The van der Waals surface area contributed by atoms with Gasteiger partial charge in [0.15, 0.2) is 5.96 Å². The molecule has 142 valence electrons. The largest absolute Gasteiger partial charge is 0.357 e. The highest BCUT2D eigenvalue weighted by Gasteiger charge is 2.16. The number of nitrogens with zero attached hydrogens (tertiary/aromatic N) is 1. The van der Waals surface area contributed by atoms with E-state index in [1.165, 1.54) is 6.07 Å². The number of hydrogen-bond acceptors (Lipinski definition) is 3. The average Bonchev–Trinajstić information content (AvgIpc) is 3.10. The van der Waals surface area contributed by atoms with Crippen molar-refractivity contribution < 1.29 is 8.91 Å². The van der Waals surface area contributed by atoms with Crippen molar-refractivity contribution in [3.8, 4) is 11.1 Å². The first-order valence-electron chi connectivity index (χ1n) is 8.49. The molecule has 5 nitrogen and oxygen atoms in total. The molecule has 3 aromatic rings. The van der Waals surface area contributed by atoms with Gasteiger partial charge in [-0.25, -0.2) is 4.39 Å². The Morgan fingerprint density at radius 3 is 2.59 bits per heavy atom. The van der Waals surface area contributed by atoms with Gasteiger partial charge in [0.05, 0.1) is 5.69 Å². The van der Waals surface area contributed by atoms with Crippen molar-refractivity contribution in [1.29, 1.82) is 5.41 Å². The van der Waals surface area contributed by atoms with E-state index in [1.807, 2.05) is 50.2 Å². The number of rotatable bonds is 5. The van der Waals surface area contributed by atoms with Crippen molar-refractivity contribution in [2.24, 2.45) is 0 Å². The fraction of sp³-hybridized carbons (Fsp3) is 0.200.